The fourth-order valence-corrected chi connectivity index (χ4v) is 5.18. The molecule has 2 N–H and O–H groups in total. The molecule has 0 spiro atoms. The molecular formula is C19H27N3O4S. The van der Waals surface area contributed by atoms with Crippen LogP contribution in [0.15, 0.2) is 29.2 Å². The highest BCUT2D eigenvalue weighted by molar-refractivity contribution is 7.89. The Bertz CT molecular complexity index is 788. The largest absolute Gasteiger partial charge is 0.354 e. The van der Waals surface area contributed by atoms with Gasteiger partial charge in [0, 0.05) is 25.2 Å². The number of hydrogen-bond donors (Lipinski definition) is 2. The van der Waals surface area contributed by atoms with Crippen LogP contribution in [-0.2, 0) is 14.8 Å². The number of carbonyl (C=O) groups excluding carboxylic acids is 2. The van der Waals surface area contributed by atoms with E-state index in [4.69, 9.17) is 0 Å². The predicted octanol–water partition coefficient (Wildman–Crippen LogP) is 1.51. The maximum Gasteiger partial charge on any atom is 0.251 e. The Labute approximate surface area is 160 Å². The molecule has 27 heavy (non-hydrogen) atoms. The second-order valence-corrected chi connectivity index (χ2v) is 9.20. The van der Waals surface area contributed by atoms with Gasteiger partial charge in [-0.1, -0.05) is 38.2 Å². The molecule has 0 radical (unpaired) electrons. The van der Waals surface area contributed by atoms with Crippen molar-refractivity contribution >= 4 is 21.8 Å². The molecular weight excluding hydrogens is 366 g/mol. The van der Waals surface area contributed by atoms with E-state index in [0.717, 1.165) is 10.7 Å². The van der Waals surface area contributed by atoms with Gasteiger partial charge in [-0.25, -0.2) is 8.42 Å². The number of hydrogen-bond acceptors (Lipinski definition) is 4. The summed E-state index contributed by atoms with van der Waals surface area (Å²) >= 11 is 0. The van der Waals surface area contributed by atoms with Gasteiger partial charge in [-0.15, -0.1) is 0 Å². The molecule has 1 aliphatic heterocycles. The van der Waals surface area contributed by atoms with E-state index in [1.165, 1.54) is 44.2 Å². The van der Waals surface area contributed by atoms with Crippen molar-refractivity contribution in [1.82, 2.24) is 14.9 Å². The molecule has 0 atom stereocenters. The van der Waals surface area contributed by atoms with Crippen LogP contribution in [0.5, 0.6) is 0 Å². The summed E-state index contributed by atoms with van der Waals surface area (Å²) in [6, 6.07) is 6.02. The topological polar surface area (TPSA) is 95.6 Å². The van der Waals surface area contributed by atoms with Gasteiger partial charge < -0.3 is 10.6 Å². The number of nitrogens with zero attached hydrogens (tertiary/aromatic N) is 1. The number of rotatable bonds is 6. The van der Waals surface area contributed by atoms with Crippen molar-refractivity contribution in [1.29, 1.82) is 0 Å². The van der Waals surface area contributed by atoms with Crippen LogP contribution in [0, 0.1) is 5.92 Å². The van der Waals surface area contributed by atoms with Gasteiger partial charge in [0.25, 0.3) is 5.91 Å². The molecule has 3 rings (SSSR count). The molecule has 8 heteroatoms. The first-order valence-electron chi connectivity index (χ1n) is 9.62. The van der Waals surface area contributed by atoms with Gasteiger partial charge in [0.05, 0.1) is 11.4 Å². The van der Waals surface area contributed by atoms with Gasteiger partial charge in [-0.05, 0) is 30.5 Å². The minimum atomic E-state index is -3.80. The van der Waals surface area contributed by atoms with E-state index in [-0.39, 0.29) is 29.8 Å². The molecule has 2 amide bonds. The van der Waals surface area contributed by atoms with E-state index in [1.807, 2.05) is 0 Å². The van der Waals surface area contributed by atoms with Crippen molar-refractivity contribution in [2.45, 2.75) is 43.4 Å². The second kappa shape index (κ2) is 8.84. The zero-order valence-corrected chi connectivity index (χ0v) is 16.3. The van der Waals surface area contributed by atoms with Crippen molar-refractivity contribution in [3.8, 4) is 0 Å². The lowest BCUT2D eigenvalue weighted by Crippen LogP contribution is -2.49. The van der Waals surface area contributed by atoms with Gasteiger partial charge in [-0.3, -0.25) is 9.59 Å². The number of sulfonamides is 1. The number of piperazine rings is 1. The second-order valence-electron chi connectivity index (χ2n) is 7.26. The third kappa shape index (κ3) is 5.07. The average molecular weight is 394 g/mol. The third-order valence-corrected chi connectivity index (χ3v) is 7.14. The summed E-state index contributed by atoms with van der Waals surface area (Å²) in [7, 11) is -3.80. The number of nitrogens with one attached hydrogen (secondary N) is 2. The zero-order valence-electron chi connectivity index (χ0n) is 15.4. The van der Waals surface area contributed by atoms with Crippen molar-refractivity contribution in [2.75, 3.05) is 26.2 Å². The average Bonchev–Trinajstić information content (AvgIpc) is 2.69. The summed E-state index contributed by atoms with van der Waals surface area (Å²) in [6.07, 6.45) is 7.27. The van der Waals surface area contributed by atoms with Crippen molar-refractivity contribution in [2.24, 2.45) is 5.92 Å². The first kappa shape index (κ1) is 19.8. The summed E-state index contributed by atoms with van der Waals surface area (Å²) < 4.78 is 26.6. The smallest absolute Gasteiger partial charge is 0.251 e. The summed E-state index contributed by atoms with van der Waals surface area (Å²) in [5.41, 5.74) is 0.321. The van der Waals surface area contributed by atoms with E-state index < -0.39 is 10.0 Å². The van der Waals surface area contributed by atoms with E-state index >= 15 is 0 Å². The molecule has 0 bridgehead atoms. The highest BCUT2D eigenvalue weighted by Crippen LogP contribution is 2.25. The Morgan fingerprint density at radius 2 is 2.00 bits per heavy atom. The fraction of sp³-hybridized carbons (Fsp3) is 0.579. The maximum atomic E-state index is 12.7. The van der Waals surface area contributed by atoms with Crippen molar-refractivity contribution < 1.29 is 18.0 Å². The molecule has 1 saturated carbocycles. The molecule has 1 aliphatic carbocycles. The van der Waals surface area contributed by atoms with E-state index in [0.29, 0.717) is 24.6 Å². The van der Waals surface area contributed by atoms with Gasteiger partial charge in [0.2, 0.25) is 15.9 Å². The molecule has 1 aromatic rings. The van der Waals surface area contributed by atoms with Gasteiger partial charge >= 0.3 is 0 Å². The summed E-state index contributed by atoms with van der Waals surface area (Å²) in [6.45, 7) is 0.929. The molecule has 0 unspecified atom stereocenters. The zero-order chi connectivity index (χ0) is 19.3. The minimum absolute atomic E-state index is 0.0390. The van der Waals surface area contributed by atoms with Crippen molar-refractivity contribution in [3.05, 3.63) is 29.8 Å². The quantitative estimate of drug-likeness (QED) is 0.766. The fourth-order valence-electron chi connectivity index (χ4n) is 3.73. The monoisotopic (exact) mass is 393 g/mol. The highest BCUT2D eigenvalue weighted by Gasteiger charge is 2.29. The van der Waals surface area contributed by atoms with Crippen LogP contribution < -0.4 is 10.6 Å². The number of amides is 2. The van der Waals surface area contributed by atoms with Crippen LogP contribution in [-0.4, -0.2) is 50.7 Å². The molecule has 1 saturated heterocycles. The van der Waals surface area contributed by atoms with Crippen LogP contribution in [0.4, 0.5) is 0 Å². The maximum absolute atomic E-state index is 12.7. The standard InChI is InChI=1S/C19H27N3O4S/c23-18-14-22(12-11-20-18)27(25,26)17-8-4-7-16(13-17)19(24)21-10-9-15-5-2-1-3-6-15/h4,7-8,13,15H,1-3,5-6,9-12,14H2,(H,20,23)(H,21,24). The molecule has 7 nitrogen and oxygen atoms in total. The third-order valence-electron chi connectivity index (χ3n) is 5.30. The summed E-state index contributed by atoms with van der Waals surface area (Å²) in [5, 5.41) is 5.51. The van der Waals surface area contributed by atoms with Crippen LogP contribution in [0.1, 0.15) is 48.9 Å². The normalized spacial score (nSPS) is 19.5. The van der Waals surface area contributed by atoms with Crippen LogP contribution in [0.25, 0.3) is 0 Å². The first-order valence-corrected chi connectivity index (χ1v) is 11.1. The summed E-state index contributed by atoms with van der Waals surface area (Å²) in [4.78, 5) is 23.9. The molecule has 1 aromatic carbocycles. The lowest BCUT2D eigenvalue weighted by molar-refractivity contribution is -0.122. The molecule has 1 heterocycles. The Kier molecular flexibility index (Phi) is 6.49. The lowest BCUT2D eigenvalue weighted by Gasteiger charge is -2.26. The minimum Gasteiger partial charge on any atom is -0.354 e. The Morgan fingerprint density at radius 1 is 1.22 bits per heavy atom. The number of carbonyl (C=O) groups is 2. The van der Waals surface area contributed by atoms with Crippen LogP contribution in [0.3, 0.4) is 0 Å². The van der Waals surface area contributed by atoms with E-state index in [1.54, 1.807) is 12.1 Å². The van der Waals surface area contributed by atoms with Gasteiger partial charge in [0.15, 0.2) is 0 Å². The van der Waals surface area contributed by atoms with Crippen LogP contribution in [0.2, 0.25) is 0 Å². The van der Waals surface area contributed by atoms with Crippen molar-refractivity contribution in [3.63, 3.8) is 0 Å². The Hall–Kier alpha value is -1.93. The molecule has 2 fully saturated rings. The van der Waals surface area contributed by atoms with Gasteiger partial charge in [-0.2, -0.15) is 4.31 Å². The Balaban J connectivity index is 1.62. The SMILES string of the molecule is O=C1CN(S(=O)(=O)c2cccc(C(=O)NCCC3CCCCC3)c2)CCN1. The predicted molar refractivity (Wildman–Crippen MR) is 102 cm³/mol. The van der Waals surface area contributed by atoms with E-state index in [2.05, 4.69) is 10.6 Å². The van der Waals surface area contributed by atoms with Crippen LogP contribution >= 0.6 is 0 Å². The highest BCUT2D eigenvalue weighted by atomic mass is 32.2. The Morgan fingerprint density at radius 3 is 2.74 bits per heavy atom. The first-order chi connectivity index (χ1) is 13.0. The molecule has 2 aliphatic rings. The molecule has 0 aromatic heterocycles. The lowest BCUT2D eigenvalue weighted by atomic mass is 9.87. The number of benzene rings is 1. The van der Waals surface area contributed by atoms with Gasteiger partial charge in [0.1, 0.15) is 0 Å². The van der Waals surface area contributed by atoms with E-state index in [9.17, 15) is 18.0 Å². The summed E-state index contributed by atoms with van der Waals surface area (Å²) in [5.74, 6) is 0.0942. The molecule has 148 valence electrons.